The van der Waals surface area contributed by atoms with Gasteiger partial charge in [-0.1, -0.05) is 6.08 Å². The zero-order valence-electron chi connectivity index (χ0n) is 15.2. The second-order valence-electron chi connectivity index (χ2n) is 5.62. The van der Waals surface area contributed by atoms with E-state index in [9.17, 15) is 9.59 Å². The van der Waals surface area contributed by atoms with E-state index >= 15 is 0 Å². The lowest BCUT2D eigenvalue weighted by Gasteiger charge is -2.28. The van der Waals surface area contributed by atoms with Crippen LogP contribution < -0.4 is 15.0 Å². The van der Waals surface area contributed by atoms with Gasteiger partial charge in [-0.15, -0.1) is 6.58 Å². The molecular formula is C19H23N3O3S. The maximum Gasteiger partial charge on any atom is 0.265 e. The lowest BCUT2D eigenvalue weighted by atomic mass is 10.1. The van der Waals surface area contributed by atoms with E-state index in [4.69, 9.17) is 17.0 Å². The first kappa shape index (κ1) is 19.7. The van der Waals surface area contributed by atoms with Gasteiger partial charge in [0.25, 0.3) is 11.8 Å². The molecule has 138 valence electrons. The average Bonchev–Trinajstić information content (AvgIpc) is 2.63. The third-order valence-electron chi connectivity index (χ3n) is 4.14. The van der Waals surface area contributed by atoms with Crippen molar-refractivity contribution in [2.75, 3.05) is 31.6 Å². The fourth-order valence-corrected chi connectivity index (χ4v) is 3.00. The van der Waals surface area contributed by atoms with Crippen molar-refractivity contribution in [1.82, 2.24) is 10.2 Å². The van der Waals surface area contributed by atoms with Crippen LogP contribution in [0.2, 0.25) is 0 Å². The van der Waals surface area contributed by atoms with Gasteiger partial charge in [-0.2, -0.15) is 0 Å². The topological polar surface area (TPSA) is 61.9 Å². The Hall–Kier alpha value is -2.67. The monoisotopic (exact) mass is 373 g/mol. The number of methoxy groups -OCH3 is 1. The van der Waals surface area contributed by atoms with Gasteiger partial charge < -0.3 is 9.64 Å². The number of rotatable bonds is 7. The van der Waals surface area contributed by atoms with Crippen LogP contribution in [0.25, 0.3) is 6.08 Å². The van der Waals surface area contributed by atoms with E-state index in [2.05, 4.69) is 30.6 Å². The van der Waals surface area contributed by atoms with Gasteiger partial charge in [-0.3, -0.25) is 19.8 Å². The summed E-state index contributed by atoms with van der Waals surface area (Å²) in [4.78, 5) is 28.3. The molecular weight excluding hydrogens is 350 g/mol. The quantitative estimate of drug-likeness (QED) is 0.344. The molecule has 26 heavy (non-hydrogen) atoms. The molecule has 1 N–H and O–H groups in total. The molecule has 6 nitrogen and oxygen atoms in total. The lowest BCUT2D eigenvalue weighted by Crippen LogP contribution is -2.53. The van der Waals surface area contributed by atoms with Gasteiger partial charge in [0.05, 0.1) is 7.11 Å². The Labute approximate surface area is 159 Å². The molecule has 2 amide bonds. The van der Waals surface area contributed by atoms with Crippen molar-refractivity contribution in [2.24, 2.45) is 0 Å². The number of ether oxygens (including phenoxy) is 1. The number of thiocarbonyl (C=S) groups is 1. The molecule has 0 bridgehead atoms. The Morgan fingerprint density at radius 2 is 2.00 bits per heavy atom. The first-order chi connectivity index (χ1) is 12.5. The molecule has 1 heterocycles. The number of nitrogens with zero attached hydrogens (tertiary/aromatic N) is 2. The molecule has 0 unspecified atom stereocenters. The highest BCUT2D eigenvalue weighted by Gasteiger charge is 2.32. The van der Waals surface area contributed by atoms with Crippen molar-refractivity contribution in [3.63, 3.8) is 0 Å². The molecule has 0 aromatic heterocycles. The maximum absolute atomic E-state index is 12.6. The van der Waals surface area contributed by atoms with Crippen LogP contribution in [0.3, 0.4) is 0 Å². The van der Waals surface area contributed by atoms with Gasteiger partial charge in [0.15, 0.2) is 5.11 Å². The Morgan fingerprint density at radius 1 is 1.31 bits per heavy atom. The van der Waals surface area contributed by atoms with Crippen LogP contribution in [-0.2, 0) is 9.59 Å². The summed E-state index contributed by atoms with van der Waals surface area (Å²) in [7, 11) is 1.56. The number of carbonyl (C=O) groups is 2. The van der Waals surface area contributed by atoms with Crippen molar-refractivity contribution in [2.45, 2.75) is 13.8 Å². The number of nitrogens with one attached hydrogen (secondary N) is 1. The normalized spacial score (nSPS) is 15.9. The summed E-state index contributed by atoms with van der Waals surface area (Å²) in [5.74, 6) is -0.380. The minimum Gasteiger partial charge on any atom is -0.496 e. The molecule has 0 radical (unpaired) electrons. The predicted molar refractivity (Wildman–Crippen MR) is 107 cm³/mol. The van der Waals surface area contributed by atoms with Gasteiger partial charge in [-0.25, -0.2) is 0 Å². The lowest BCUT2D eigenvalue weighted by molar-refractivity contribution is -0.128. The number of benzene rings is 1. The van der Waals surface area contributed by atoms with E-state index in [-0.39, 0.29) is 17.2 Å². The highest BCUT2D eigenvalue weighted by molar-refractivity contribution is 7.80. The van der Waals surface area contributed by atoms with E-state index in [1.807, 2.05) is 18.2 Å². The Morgan fingerprint density at radius 3 is 2.58 bits per heavy atom. The van der Waals surface area contributed by atoms with Crippen molar-refractivity contribution < 1.29 is 14.3 Å². The van der Waals surface area contributed by atoms with Gasteiger partial charge >= 0.3 is 0 Å². The predicted octanol–water partition coefficient (Wildman–Crippen LogP) is 2.35. The summed E-state index contributed by atoms with van der Waals surface area (Å²) in [6, 6.07) is 5.68. The molecule has 0 saturated carbocycles. The second kappa shape index (κ2) is 8.62. The zero-order chi connectivity index (χ0) is 19.3. The molecule has 1 aliphatic heterocycles. The van der Waals surface area contributed by atoms with E-state index in [1.54, 1.807) is 13.2 Å². The minimum atomic E-state index is -0.518. The number of amides is 2. The fraction of sp³-hybridized carbons (Fsp3) is 0.316. The SMILES string of the molecule is C=CCN1C(=O)/C(=C\c2ccc(N(CC)CC)cc2OC)C(=O)NC1=S. The van der Waals surface area contributed by atoms with E-state index in [0.717, 1.165) is 18.8 Å². The number of carbonyl (C=O) groups excluding carboxylic acids is 2. The summed E-state index contributed by atoms with van der Waals surface area (Å²) in [6.07, 6.45) is 3.08. The summed E-state index contributed by atoms with van der Waals surface area (Å²) in [5, 5.41) is 2.62. The molecule has 0 aliphatic carbocycles. The molecule has 0 spiro atoms. The Balaban J connectivity index is 2.43. The molecule has 0 atom stereocenters. The van der Waals surface area contributed by atoms with Crippen molar-refractivity contribution in [3.8, 4) is 5.75 Å². The van der Waals surface area contributed by atoms with Crippen molar-refractivity contribution >= 4 is 40.9 Å². The van der Waals surface area contributed by atoms with E-state index in [1.165, 1.54) is 11.0 Å². The molecule has 1 fully saturated rings. The minimum absolute atomic E-state index is 0.00865. The van der Waals surface area contributed by atoms with Crippen LogP contribution >= 0.6 is 12.2 Å². The molecule has 1 aromatic rings. The maximum atomic E-state index is 12.6. The fourth-order valence-electron chi connectivity index (χ4n) is 2.75. The number of anilines is 1. The number of hydrogen-bond donors (Lipinski definition) is 1. The molecule has 1 aromatic carbocycles. The Kier molecular flexibility index (Phi) is 6.52. The highest BCUT2D eigenvalue weighted by atomic mass is 32.1. The largest absolute Gasteiger partial charge is 0.496 e. The van der Waals surface area contributed by atoms with Crippen LogP contribution in [-0.4, -0.2) is 48.6 Å². The van der Waals surface area contributed by atoms with Crippen LogP contribution in [0, 0.1) is 0 Å². The average molecular weight is 373 g/mol. The van der Waals surface area contributed by atoms with Crippen LogP contribution in [0.1, 0.15) is 19.4 Å². The Bertz CT molecular complexity index is 769. The van der Waals surface area contributed by atoms with Gasteiger partial charge in [0, 0.05) is 37.0 Å². The smallest absolute Gasteiger partial charge is 0.265 e. The second-order valence-corrected chi connectivity index (χ2v) is 6.01. The third-order valence-corrected chi connectivity index (χ3v) is 4.47. The van der Waals surface area contributed by atoms with Gasteiger partial charge in [0.2, 0.25) is 0 Å². The zero-order valence-corrected chi connectivity index (χ0v) is 16.1. The molecule has 7 heteroatoms. The summed E-state index contributed by atoms with van der Waals surface area (Å²) < 4.78 is 5.46. The van der Waals surface area contributed by atoms with Crippen LogP contribution in [0.4, 0.5) is 5.69 Å². The third kappa shape index (κ3) is 3.94. The summed E-state index contributed by atoms with van der Waals surface area (Å²) >= 11 is 5.05. The van der Waals surface area contributed by atoms with Crippen LogP contribution in [0.15, 0.2) is 36.4 Å². The standard InChI is InChI=1S/C19H23N3O3S/c1-5-10-22-18(24)15(17(23)20-19(22)26)11-13-8-9-14(12-16(13)25-4)21(6-2)7-3/h5,8-9,11-12H,1,6-7,10H2,2-4H3,(H,20,23,26)/b15-11-. The van der Waals surface area contributed by atoms with Crippen molar-refractivity contribution in [3.05, 3.63) is 42.0 Å². The molecule has 2 rings (SSSR count). The van der Waals surface area contributed by atoms with E-state index in [0.29, 0.717) is 11.3 Å². The summed E-state index contributed by atoms with van der Waals surface area (Å²) in [5.41, 5.74) is 1.67. The first-order valence-electron chi connectivity index (χ1n) is 8.39. The van der Waals surface area contributed by atoms with E-state index < -0.39 is 11.8 Å². The van der Waals surface area contributed by atoms with Crippen molar-refractivity contribution in [1.29, 1.82) is 0 Å². The molecule has 1 aliphatic rings. The molecule has 1 saturated heterocycles. The highest BCUT2D eigenvalue weighted by Crippen LogP contribution is 2.28. The van der Waals surface area contributed by atoms with Crippen LogP contribution in [0.5, 0.6) is 5.75 Å². The first-order valence-corrected chi connectivity index (χ1v) is 8.80. The number of hydrogen-bond acceptors (Lipinski definition) is 5. The van der Waals surface area contributed by atoms with Gasteiger partial charge in [0.1, 0.15) is 11.3 Å². The van der Waals surface area contributed by atoms with Gasteiger partial charge in [-0.05, 0) is 44.3 Å². The summed E-state index contributed by atoms with van der Waals surface area (Å²) in [6.45, 7) is 9.74.